The van der Waals surface area contributed by atoms with Crippen molar-refractivity contribution in [3.05, 3.63) is 65.1 Å². The number of rotatable bonds is 6. The van der Waals surface area contributed by atoms with Gasteiger partial charge in [-0.15, -0.1) is 0 Å². The number of furan rings is 1. The van der Waals surface area contributed by atoms with Crippen molar-refractivity contribution >= 4 is 29.5 Å². The topological polar surface area (TPSA) is 71.3 Å². The summed E-state index contributed by atoms with van der Waals surface area (Å²) in [5, 5.41) is 5.95. The maximum absolute atomic E-state index is 11.6. The Bertz CT molecular complexity index is 649. The molecule has 1 aromatic carbocycles. The van der Waals surface area contributed by atoms with Crippen molar-refractivity contribution < 1.29 is 14.0 Å². The molecule has 2 aromatic rings. The van der Waals surface area contributed by atoms with Gasteiger partial charge in [-0.25, -0.2) is 0 Å². The van der Waals surface area contributed by atoms with E-state index in [2.05, 4.69) is 10.6 Å². The van der Waals surface area contributed by atoms with Crippen LogP contribution in [0.15, 0.2) is 53.2 Å². The molecule has 0 atom stereocenters. The SMILES string of the molecule is O=C(/C=C/c1ccc(Cl)cc1)NCCNC(=O)c1ccco1. The second-order valence-corrected chi connectivity index (χ2v) is 4.85. The van der Waals surface area contributed by atoms with Gasteiger partial charge in [0.2, 0.25) is 5.91 Å². The van der Waals surface area contributed by atoms with E-state index < -0.39 is 0 Å². The zero-order valence-corrected chi connectivity index (χ0v) is 12.5. The van der Waals surface area contributed by atoms with Gasteiger partial charge in [-0.2, -0.15) is 0 Å². The molecule has 0 saturated carbocycles. The van der Waals surface area contributed by atoms with Crippen molar-refractivity contribution in [3.63, 3.8) is 0 Å². The summed E-state index contributed by atoms with van der Waals surface area (Å²) in [5.74, 6) is -0.299. The minimum absolute atomic E-state index is 0.234. The lowest BCUT2D eigenvalue weighted by atomic mass is 10.2. The van der Waals surface area contributed by atoms with Crippen LogP contribution < -0.4 is 10.6 Å². The van der Waals surface area contributed by atoms with Crippen LogP contribution in [0.2, 0.25) is 5.02 Å². The van der Waals surface area contributed by atoms with Crippen LogP contribution in [0.3, 0.4) is 0 Å². The van der Waals surface area contributed by atoms with E-state index in [0.717, 1.165) is 5.56 Å². The zero-order chi connectivity index (χ0) is 15.8. The molecular weight excluding hydrogens is 304 g/mol. The van der Waals surface area contributed by atoms with E-state index in [1.54, 1.807) is 30.3 Å². The van der Waals surface area contributed by atoms with E-state index in [1.807, 2.05) is 12.1 Å². The minimum atomic E-state index is -0.309. The largest absolute Gasteiger partial charge is 0.459 e. The third-order valence-electron chi connectivity index (χ3n) is 2.75. The molecule has 1 aromatic heterocycles. The van der Waals surface area contributed by atoms with Gasteiger partial charge in [0.1, 0.15) is 0 Å². The standard InChI is InChI=1S/C16H15ClN2O3/c17-13-6-3-12(4-7-13)5-8-15(20)18-9-10-19-16(21)14-2-1-11-22-14/h1-8,11H,9-10H2,(H,18,20)(H,19,21)/b8-5+. The first kappa shape index (κ1) is 15.9. The van der Waals surface area contributed by atoms with Gasteiger partial charge in [0, 0.05) is 24.2 Å². The summed E-state index contributed by atoms with van der Waals surface area (Å²) < 4.78 is 4.95. The van der Waals surface area contributed by atoms with E-state index in [9.17, 15) is 9.59 Å². The normalized spacial score (nSPS) is 10.6. The summed E-state index contributed by atoms with van der Waals surface area (Å²) in [5.41, 5.74) is 0.880. The van der Waals surface area contributed by atoms with Gasteiger partial charge in [0.05, 0.1) is 6.26 Å². The molecule has 0 bridgehead atoms. The second-order valence-electron chi connectivity index (χ2n) is 4.41. The maximum atomic E-state index is 11.6. The van der Waals surface area contributed by atoms with Crippen LogP contribution in [-0.4, -0.2) is 24.9 Å². The van der Waals surface area contributed by atoms with E-state index in [4.69, 9.17) is 16.0 Å². The monoisotopic (exact) mass is 318 g/mol. The van der Waals surface area contributed by atoms with E-state index in [0.29, 0.717) is 18.1 Å². The van der Waals surface area contributed by atoms with Crippen LogP contribution >= 0.6 is 11.6 Å². The number of amides is 2. The van der Waals surface area contributed by atoms with Crippen molar-refractivity contribution in [2.24, 2.45) is 0 Å². The highest BCUT2D eigenvalue weighted by Crippen LogP contribution is 2.10. The lowest BCUT2D eigenvalue weighted by Crippen LogP contribution is -2.33. The first-order valence-corrected chi connectivity index (χ1v) is 7.06. The molecule has 0 fully saturated rings. The van der Waals surface area contributed by atoms with Crippen molar-refractivity contribution in [1.82, 2.24) is 10.6 Å². The molecule has 0 saturated heterocycles. The summed E-state index contributed by atoms with van der Waals surface area (Å²) in [4.78, 5) is 23.1. The minimum Gasteiger partial charge on any atom is -0.459 e. The summed E-state index contributed by atoms with van der Waals surface area (Å²) in [6.07, 6.45) is 4.54. The highest BCUT2D eigenvalue weighted by atomic mass is 35.5. The fraction of sp³-hybridized carbons (Fsp3) is 0.125. The predicted octanol–water partition coefficient (Wildman–Crippen LogP) is 2.49. The zero-order valence-electron chi connectivity index (χ0n) is 11.7. The average molecular weight is 319 g/mol. The van der Waals surface area contributed by atoms with Crippen LogP contribution in [-0.2, 0) is 4.79 Å². The Kier molecular flexibility index (Phi) is 5.80. The molecule has 0 spiro atoms. The number of carbonyl (C=O) groups excluding carboxylic acids is 2. The molecule has 0 aliphatic heterocycles. The van der Waals surface area contributed by atoms with E-state index in [-0.39, 0.29) is 17.6 Å². The Balaban J connectivity index is 1.67. The lowest BCUT2D eigenvalue weighted by Gasteiger charge is -2.03. The van der Waals surface area contributed by atoms with Crippen LogP contribution in [0, 0.1) is 0 Å². The molecule has 0 aliphatic carbocycles. The molecule has 5 nitrogen and oxygen atoms in total. The van der Waals surface area contributed by atoms with E-state index in [1.165, 1.54) is 12.3 Å². The van der Waals surface area contributed by atoms with Crippen molar-refractivity contribution in [2.45, 2.75) is 0 Å². The third kappa shape index (κ3) is 5.10. The molecule has 0 aliphatic rings. The Morgan fingerprint density at radius 3 is 2.50 bits per heavy atom. The molecule has 0 radical (unpaired) electrons. The van der Waals surface area contributed by atoms with Gasteiger partial charge in [-0.1, -0.05) is 23.7 Å². The maximum Gasteiger partial charge on any atom is 0.287 e. The van der Waals surface area contributed by atoms with Gasteiger partial charge in [-0.3, -0.25) is 9.59 Å². The third-order valence-corrected chi connectivity index (χ3v) is 3.00. The number of carbonyl (C=O) groups is 2. The Morgan fingerprint density at radius 1 is 1.09 bits per heavy atom. The quantitative estimate of drug-likeness (QED) is 0.635. The molecule has 1 heterocycles. The number of nitrogens with one attached hydrogen (secondary N) is 2. The summed E-state index contributed by atoms with van der Waals surface area (Å²) >= 11 is 5.78. The Labute approximate surface area is 133 Å². The fourth-order valence-corrected chi connectivity index (χ4v) is 1.79. The number of benzene rings is 1. The molecule has 6 heteroatoms. The smallest absolute Gasteiger partial charge is 0.287 e. The molecule has 0 unspecified atom stereocenters. The number of hydrogen-bond donors (Lipinski definition) is 2. The Hall–Kier alpha value is -2.53. The lowest BCUT2D eigenvalue weighted by molar-refractivity contribution is -0.116. The van der Waals surface area contributed by atoms with Crippen LogP contribution in [0.4, 0.5) is 0 Å². The van der Waals surface area contributed by atoms with Gasteiger partial charge in [-0.05, 0) is 35.9 Å². The number of halogens is 1. The highest BCUT2D eigenvalue weighted by molar-refractivity contribution is 6.30. The van der Waals surface area contributed by atoms with Crippen LogP contribution in [0.1, 0.15) is 16.1 Å². The summed E-state index contributed by atoms with van der Waals surface area (Å²) in [6, 6.07) is 10.3. The molecule has 2 rings (SSSR count). The highest BCUT2D eigenvalue weighted by Gasteiger charge is 2.06. The molecule has 22 heavy (non-hydrogen) atoms. The average Bonchev–Trinajstić information content (AvgIpc) is 3.05. The molecule has 2 N–H and O–H groups in total. The van der Waals surface area contributed by atoms with Crippen molar-refractivity contribution in [1.29, 1.82) is 0 Å². The molecule has 2 amide bonds. The van der Waals surface area contributed by atoms with Gasteiger partial charge >= 0.3 is 0 Å². The Morgan fingerprint density at radius 2 is 1.82 bits per heavy atom. The predicted molar refractivity (Wildman–Crippen MR) is 84.5 cm³/mol. The summed E-state index contributed by atoms with van der Waals surface area (Å²) in [6.45, 7) is 0.649. The molecule has 114 valence electrons. The van der Waals surface area contributed by atoms with E-state index >= 15 is 0 Å². The van der Waals surface area contributed by atoms with Crippen LogP contribution in [0.25, 0.3) is 6.08 Å². The summed E-state index contributed by atoms with van der Waals surface area (Å²) in [7, 11) is 0. The van der Waals surface area contributed by atoms with Gasteiger partial charge < -0.3 is 15.1 Å². The first-order valence-electron chi connectivity index (χ1n) is 6.68. The van der Waals surface area contributed by atoms with Crippen LogP contribution in [0.5, 0.6) is 0 Å². The van der Waals surface area contributed by atoms with Gasteiger partial charge in [0.25, 0.3) is 5.91 Å². The van der Waals surface area contributed by atoms with Crippen molar-refractivity contribution in [3.8, 4) is 0 Å². The van der Waals surface area contributed by atoms with Gasteiger partial charge in [0.15, 0.2) is 5.76 Å². The fourth-order valence-electron chi connectivity index (χ4n) is 1.66. The second kappa shape index (κ2) is 8.05. The first-order chi connectivity index (χ1) is 10.6. The molecular formula is C16H15ClN2O3. The number of hydrogen-bond acceptors (Lipinski definition) is 3. The van der Waals surface area contributed by atoms with Crippen molar-refractivity contribution in [2.75, 3.05) is 13.1 Å².